The molecule has 3 N–H and O–H groups in total. The lowest BCUT2D eigenvalue weighted by Crippen LogP contribution is -2.17. The topological polar surface area (TPSA) is 110 Å². The van der Waals surface area contributed by atoms with Crippen molar-refractivity contribution in [1.82, 2.24) is 19.9 Å². The predicted molar refractivity (Wildman–Crippen MR) is 246 cm³/mol. The Labute approximate surface area is 348 Å². The molecule has 60 heavy (non-hydrogen) atoms. The molecule has 0 saturated carbocycles. The van der Waals surface area contributed by atoms with Crippen molar-refractivity contribution in [2.75, 3.05) is 6.61 Å². The number of aryl methyl sites for hydroxylation is 4. The van der Waals surface area contributed by atoms with Crippen LogP contribution in [0.25, 0.3) is 95.2 Å². The fourth-order valence-electron chi connectivity index (χ4n) is 8.08. The number of nitrogens with one attached hydrogen (secondary N) is 3. The highest BCUT2D eigenvalue weighted by atomic mass is 16.5. The normalized spacial score (nSPS) is 12.1. The predicted octanol–water partition coefficient (Wildman–Crippen LogP) is 12.1. The van der Waals surface area contributed by atoms with Gasteiger partial charge in [-0.2, -0.15) is 5.26 Å². The third kappa shape index (κ3) is 6.99. The molecular weight excluding hydrogens is 739 g/mol. The average Bonchev–Trinajstić information content (AvgIpc) is 4.09. The molecule has 8 bridgehead atoms. The maximum atomic E-state index is 13.7. The highest BCUT2D eigenvalue weighted by molar-refractivity contribution is 6.17. The van der Waals surface area contributed by atoms with Crippen LogP contribution in [0, 0.1) is 39.0 Å². The van der Waals surface area contributed by atoms with Gasteiger partial charge in [-0.3, -0.25) is 0 Å². The van der Waals surface area contributed by atoms with Crippen molar-refractivity contribution in [1.29, 1.82) is 5.26 Å². The van der Waals surface area contributed by atoms with Crippen molar-refractivity contribution in [3.05, 3.63) is 166 Å². The van der Waals surface area contributed by atoms with Crippen LogP contribution in [0.3, 0.4) is 0 Å². The summed E-state index contributed by atoms with van der Waals surface area (Å²) >= 11 is 0. The summed E-state index contributed by atoms with van der Waals surface area (Å²) < 4.78 is 5.51. The van der Waals surface area contributed by atoms with Crippen LogP contribution in [0.15, 0.2) is 127 Å². The number of hydrogen-bond donors (Lipinski definition) is 3. The van der Waals surface area contributed by atoms with E-state index in [9.17, 15) is 10.1 Å². The number of esters is 1. The summed E-state index contributed by atoms with van der Waals surface area (Å²) in [5, 5.41) is 11.8. The van der Waals surface area contributed by atoms with Gasteiger partial charge in [-0.1, -0.05) is 119 Å². The van der Waals surface area contributed by atoms with Crippen LogP contribution >= 0.6 is 0 Å². The van der Waals surface area contributed by atoms with E-state index in [0.29, 0.717) is 10.7 Å². The smallest absolute Gasteiger partial charge is 0.351 e. The molecule has 0 radical (unpaired) electrons. The second kappa shape index (κ2) is 15.6. The zero-order valence-electron chi connectivity index (χ0n) is 34.2. The Hall–Kier alpha value is -7.69. The van der Waals surface area contributed by atoms with Crippen LogP contribution in [0.4, 0.5) is 0 Å². The Balaban J connectivity index is 1.56. The summed E-state index contributed by atoms with van der Waals surface area (Å²) in [6, 6.07) is 46.4. The van der Waals surface area contributed by atoms with Crippen molar-refractivity contribution in [2.45, 2.75) is 34.6 Å². The maximum Gasteiger partial charge on any atom is 0.351 e. The van der Waals surface area contributed by atoms with Gasteiger partial charge >= 0.3 is 5.97 Å². The molecule has 7 heteroatoms. The lowest BCUT2D eigenvalue weighted by Gasteiger charge is -2.07. The summed E-state index contributed by atoms with van der Waals surface area (Å²) in [5.74, 6) is -0.694. The molecule has 0 saturated heterocycles. The number of aromatic nitrogens is 4. The van der Waals surface area contributed by atoms with Gasteiger partial charge in [-0.15, -0.1) is 0 Å². The van der Waals surface area contributed by atoms with Gasteiger partial charge in [0.25, 0.3) is 0 Å². The molecule has 4 aromatic heterocycles. The number of nitriles is 1. The van der Waals surface area contributed by atoms with Crippen molar-refractivity contribution < 1.29 is 9.53 Å². The average molecular weight is 782 g/mol. The van der Waals surface area contributed by atoms with Crippen LogP contribution in [-0.4, -0.2) is 32.5 Å². The van der Waals surface area contributed by atoms with Crippen LogP contribution in [0.1, 0.15) is 40.6 Å². The summed E-state index contributed by atoms with van der Waals surface area (Å²) in [4.78, 5) is 30.3. The molecule has 5 heterocycles. The second-order valence-corrected chi connectivity index (χ2v) is 15.4. The molecular formula is C53H43N5O2. The van der Waals surface area contributed by atoms with Crippen molar-refractivity contribution in [3.8, 4) is 50.6 Å². The van der Waals surface area contributed by atoms with E-state index in [1.807, 2.05) is 0 Å². The first kappa shape index (κ1) is 37.9. The van der Waals surface area contributed by atoms with E-state index < -0.39 is 5.97 Å². The summed E-state index contributed by atoms with van der Waals surface area (Å²) in [7, 11) is 0. The van der Waals surface area contributed by atoms with Gasteiger partial charge in [0.05, 0.1) is 23.3 Å². The molecule has 7 nitrogen and oxygen atoms in total. The monoisotopic (exact) mass is 781 g/mol. The fraction of sp³-hybridized carbons (Fsp3) is 0.113. The maximum absolute atomic E-state index is 13.7. The molecule has 1 aliphatic heterocycles. The Bertz CT molecular complexity index is 3240. The number of H-pyrrole nitrogens is 3. The second-order valence-electron chi connectivity index (χ2n) is 15.4. The van der Waals surface area contributed by atoms with Gasteiger partial charge in [0.15, 0.2) is 5.57 Å². The molecule has 9 rings (SSSR count). The van der Waals surface area contributed by atoms with Crippen molar-refractivity contribution in [3.63, 3.8) is 0 Å². The largest absolute Gasteiger partial charge is 0.462 e. The summed E-state index contributed by atoms with van der Waals surface area (Å²) in [5.41, 5.74) is 17.7. The Morgan fingerprint density at radius 3 is 1.33 bits per heavy atom. The number of carbonyl (C=O) groups is 1. The van der Waals surface area contributed by atoms with Gasteiger partial charge < -0.3 is 19.7 Å². The molecule has 4 aromatic carbocycles. The number of carbonyl (C=O) groups excluding carboxylic acids is 1. The molecule has 0 spiro atoms. The molecule has 0 aliphatic carbocycles. The summed E-state index contributed by atoms with van der Waals surface area (Å²) in [6.45, 7) is 10.2. The van der Waals surface area contributed by atoms with Crippen LogP contribution < -0.4 is 5.35 Å². The van der Waals surface area contributed by atoms with Crippen LogP contribution in [0.5, 0.6) is 0 Å². The summed E-state index contributed by atoms with van der Waals surface area (Å²) in [6.07, 6.45) is 4.20. The van der Waals surface area contributed by atoms with E-state index in [-0.39, 0.29) is 12.2 Å². The van der Waals surface area contributed by atoms with Gasteiger partial charge in [-0.05, 0) is 99.4 Å². The molecule has 0 fully saturated rings. The first-order chi connectivity index (χ1) is 29.2. The van der Waals surface area contributed by atoms with E-state index >= 15 is 0 Å². The molecule has 0 amide bonds. The first-order valence-corrected chi connectivity index (χ1v) is 20.2. The number of aromatic amines is 3. The lowest BCUT2D eigenvalue weighted by atomic mass is 10.00. The Morgan fingerprint density at radius 2 is 0.917 bits per heavy atom. The first-order valence-electron chi connectivity index (χ1n) is 20.2. The van der Waals surface area contributed by atoms with Gasteiger partial charge in [0, 0.05) is 55.2 Å². The van der Waals surface area contributed by atoms with Gasteiger partial charge in [0.2, 0.25) is 0 Å². The van der Waals surface area contributed by atoms with E-state index in [1.54, 1.807) is 6.92 Å². The third-order valence-corrected chi connectivity index (χ3v) is 11.2. The van der Waals surface area contributed by atoms with Crippen molar-refractivity contribution in [2.24, 2.45) is 0 Å². The minimum Gasteiger partial charge on any atom is -0.462 e. The molecule has 0 atom stereocenters. The molecule has 1 aliphatic rings. The molecule has 292 valence electrons. The zero-order chi connectivity index (χ0) is 41.5. The molecule has 8 aromatic rings. The van der Waals surface area contributed by atoms with E-state index in [2.05, 4.69) is 188 Å². The number of nitrogens with zero attached hydrogens (tertiary/aromatic N) is 2. The number of hydrogen-bond acceptors (Lipinski definition) is 4. The standard InChI is InChI=1S/C53H43N5O2/c1-6-60-53(59)40(30-54)52-39-29-47(58-52)51(38-21-13-34(5)14-22-38)46-28-27-45(57-46)50(37-19-11-33(4)12-20-37)44-26-25-43(56-44)49(36-17-9-32(3)10-18-36)42-24-23-41(55-42)48(39)35-15-7-31(2)8-16-35/h7-29,55,57-58H,6H2,1-5H3/b48-39?,48-41?,49-42?,49-43?,50-44?,50-45?,51-46?,51-47?,52-40-. The number of fused-ring (bicyclic) bond motifs is 8. The van der Waals surface area contributed by atoms with Gasteiger partial charge in [-0.25, -0.2) is 9.78 Å². The van der Waals surface area contributed by atoms with Crippen molar-refractivity contribution >= 4 is 56.7 Å². The quantitative estimate of drug-likeness (QED) is 0.146. The number of benzene rings is 4. The van der Waals surface area contributed by atoms with Crippen LogP contribution in [-0.2, 0) is 9.53 Å². The zero-order valence-corrected chi connectivity index (χ0v) is 34.2. The lowest BCUT2D eigenvalue weighted by molar-refractivity contribution is -0.136. The number of rotatable bonds is 6. The Kier molecular flexibility index (Phi) is 9.83. The van der Waals surface area contributed by atoms with Gasteiger partial charge in [0.1, 0.15) is 6.07 Å². The van der Waals surface area contributed by atoms with E-state index in [1.165, 1.54) is 5.56 Å². The highest BCUT2D eigenvalue weighted by Crippen LogP contribution is 2.38. The van der Waals surface area contributed by atoms with E-state index in [0.717, 1.165) is 100 Å². The highest BCUT2D eigenvalue weighted by Gasteiger charge is 2.20. The number of ether oxygens (including phenoxy) is 1. The minimum absolute atomic E-state index is 0.113. The van der Waals surface area contributed by atoms with E-state index in [4.69, 9.17) is 9.72 Å². The SMILES string of the molecule is CCOC(=O)/C(C#N)=c1\[nH]c2cc1c(-c1ccc(C)cc1)c1ccc([nH]1)c(-c1ccc(C)cc1)c1nc(c(-c3ccc(C)cc3)c3ccc([nH]3)c2-c2ccc(C)cc2)C=C1. The minimum atomic E-state index is -0.694. The Morgan fingerprint density at radius 1 is 0.533 bits per heavy atom. The van der Waals surface area contributed by atoms with Crippen LogP contribution in [0.2, 0.25) is 0 Å². The third-order valence-electron chi connectivity index (χ3n) is 11.2. The molecule has 0 unspecified atom stereocenters. The fourth-order valence-corrected chi connectivity index (χ4v) is 8.08.